The van der Waals surface area contributed by atoms with Gasteiger partial charge in [-0.2, -0.15) is 0 Å². The van der Waals surface area contributed by atoms with E-state index in [-0.39, 0.29) is 23.7 Å². The normalized spacial score (nSPS) is 63.3. The third kappa shape index (κ3) is 2.74. The van der Waals surface area contributed by atoms with Crippen LogP contribution in [0, 0.1) is 52.3 Å². The van der Waals surface area contributed by atoms with Gasteiger partial charge in [0.15, 0.2) is 5.79 Å². The molecule has 4 aliphatic carbocycles. The Morgan fingerprint density at radius 2 is 1.68 bits per heavy atom. The maximum absolute atomic E-state index is 11.8. The molecule has 6 rings (SSSR count). The molecule has 0 amide bonds. The lowest BCUT2D eigenvalue weighted by molar-refractivity contribution is -0.274. The molecule has 0 aromatic carbocycles. The van der Waals surface area contributed by atoms with Crippen molar-refractivity contribution >= 4 is 0 Å². The van der Waals surface area contributed by atoms with E-state index in [1.54, 1.807) is 0 Å². The van der Waals surface area contributed by atoms with Gasteiger partial charge >= 0.3 is 0 Å². The molecule has 4 saturated carbocycles. The van der Waals surface area contributed by atoms with Gasteiger partial charge in [0.1, 0.15) is 0 Å². The first-order valence-electron chi connectivity index (χ1n) is 13.4. The van der Waals surface area contributed by atoms with Crippen LogP contribution in [0.15, 0.2) is 0 Å². The Bertz CT molecular complexity index is 716. The van der Waals surface area contributed by atoms with Crippen LogP contribution in [0.1, 0.15) is 85.5 Å². The molecule has 176 valence electrons. The van der Waals surface area contributed by atoms with Crippen molar-refractivity contribution in [2.45, 2.75) is 110 Å². The van der Waals surface area contributed by atoms with E-state index >= 15 is 0 Å². The van der Waals surface area contributed by atoms with Gasteiger partial charge in [-0.15, -0.1) is 0 Å². The van der Waals surface area contributed by atoms with Gasteiger partial charge in [0, 0.05) is 23.7 Å². The summed E-state index contributed by atoms with van der Waals surface area (Å²) in [6, 6.07) is 0. The summed E-state index contributed by atoms with van der Waals surface area (Å²) >= 11 is 0. The Labute approximate surface area is 188 Å². The monoisotopic (exact) mass is 432 g/mol. The summed E-state index contributed by atoms with van der Waals surface area (Å²) in [6.45, 7) is 10.3. The minimum atomic E-state index is -0.407. The van der Waals surface area contributed by atoms with E-state index in [1.807, 2.05) is 0 Å². The van der Waals surface area contributed by atoms with Crippen molar-refractivity contribution in [3.63, 3.8) is 0 Å². The molecule has 0 bridgehead atoms. The largest absolute Gasteiger partial charge is 0.393 e. The van der Waals surface area contributed by atoms with Crippen molar-refractivity contribution < 1.29 is 19.7 Å². The summed E-state index contributed by atoms with van der Waals surface area (Å²) in [6.07, 6.45) is 9.70. The van der Waals surface area contributed by atoms with Crippen LogP contribution in [0.5, 0.6) is 0 Å². The molecule has 2 saturated heterocycles. The minimum absolute atomic E-state index is 0.0570. The number of aliphatic hydroxyl groups is 2. The number of hydrogen-bond donors (Lipinski definition) is 2. The molecule has 4 nitrogen and oxygen atoms in total. The molecule has 1 spiro atoms. The first-order chi connectivity index (χ1) is 14.7. The molecule has 6 fully saturated rings. The quantitative estimate of drug-likeness (QED) is 0.579. The molecule has 0 radical (unpaired) electrons. The van der Waals surface area contributed by atoms with Gasteiger partial charge in [0.25, 0.3) is 0 Å². The second kappa shape index (κ2) is 6.93. The standard InChI is InChI=1S/C27H44O4/c1-15-7-10-27(30-14-15)16(2)24-22(31-27)12-21-19-6-5-17-11-18(28)8-9-25(17,3)20(19)13-23(29)26(21,24)4/h15-24,28-29H,5-14H2,1-4H3/t15-,16+,17+,18+,19-,20+,21+,22-,23-,24-,25+,26-,27+/m0/s1. The Balaban J connectivity index is 1.29. The molecule has 6 aliphatic rings. The fourth-order valence-corrected chi connectivity index (χ4v) is 10.2. The summed E-state index contributed by atoms with van der Waals surface area (Å²) in [7, 11) is 0. The average Bonchev–Trinajstić information content (AvgIpc) is 3.18. The van der Waals surface area contributed by atoms with E-state index in [4.69, 9.17) is 9.47 Å². The first kappa shape index (κ1) is 21.4. The van der Waals surface area contributed by atoms with Gasteiger partial charge in [-0.1, -0.05) is 27.7 Å². The lowest BCUT2D eigenvalue weighted by Crippen LogP contribution is -2.59. The molecule has 13 atom stereocenters. The van der Waals surface area contributed by atoms with Crippen LogP contribution >= 0.6 is 0 Å². The van der Waals surface area contributed by atoms with Crippen LogP contribution < -0.4 is 0 Å². The van der Waals surface area contributed by atoms with Crippen molar-refractivity contribution in [2.24, 2.45) is 52.3 Å². The second-order valence-electron chi connectivity index (χ2n) is 13.2. The molecule has 31 heavy (non-hydrogen) atoms. The van der Waals surface area contributed by atoms with Gasteiger partial charge in [-0.25, -0.2) is 0 Å². The molecule has 2 heterocycles. The molecule has 0 unspecified atom stereocenters. The summed E-state index contributed by atoms with van der Waals surface area (Å²) in [5.74, 6) is 3.46. The lowest BCUT2D eigenvalue weighted by Gasteiger charge is -2.62. The number of aliphatic hydroxyl groups excluding tert-OH is 2. The van der Waals surface area contributed by atoms with E-state index in [2.05, 4.69) is 27.7 Å². The maximum Gasteiger partial charge on any atom is 0.171 e. The summed E-state index contributed by atoms with van der Waals surface area (Å²) < 4.78 is 13.3. The number of fused-ring (bicyclic) bond motifs is 7. The third-order valence-corrected chi connectivity index (χ3v) is 12.0. The van der Waals surface area contributed by atoms with Crippen molar-refractivity contribution in [2.75, 3.05) is 6.61 Å². The highest BCUT2D eigenvalue weighted by Crippen LogP contribution is 2.71. The van der Waals surface area contributed by atoms with Gasteiger partial charge < -0.3 is 19.7 Å². The smallest absolute Gasteiger partial charge is 0.171 e. The van der Waals surface area contributed by atoms with E-state index < -0.39 is 5.79 Å². The molecule has 2 aliphatic heterocycles. The molecule has 2 N–H and O–H groups in total. The zero-order chi connectivity index (χ0) is 21.8. The highest BCUT2D eigenvalue weighted by atomic mass is 16.7. The average molecular weight is 433 g/mol. The van der Waals surface area contributed by atoms with Crippen LogP contribution in [0.25, 0.3) is 0 Å². The number of hydrogen-bond acceptors (Lipinski definition) is 4. The second-order valence-corrected chi connectivity index (χ2v) is 13.2. The Morgan fingerprint density at radius 3 is 2.42 bits per heavy atom. The predicted octanol–water partition coefficient (Wildman–Crippen LogP) is 4.76. The maximum atomic E-state index is 11.8. The third-order valence-electron chi connectivity index (χ3n) is 12.0. The number of ether oxygens (including phenoxy) is 2. The Hall–Kier alpha value is -0.160. The van der Waals surface area contributed by atoms with E-state index in [9.17, 15) is 10.2 Å². The van der Waals surface area contributed by atoms with Crippen LogP contribution in [-0.2, 0) is 9.47 Å². The van der Waals surface area contributed by atoms with Gasteiger partial charge in [0.2, 0.25) is 0 Å². The fourth-order valence-electron chi connectivity index (χ4n) is 10.2. The molecule has 0 aromatic heterocycles. The zero-order valence-corrected chi connectivity index (χ0v) is 20.1. The summed E-state index contributed by atoms with van der Waals surface area (Å²) in [5.41, 5.74) is 0.233. The van der Waals surface area contributed by atoms with Crippen molar-refractivity contribution in [3.8, 4) is 0 Å². The van der Waals surface area contributed by atoms with Gasteiger partial charge in [0.05, 0.1) is 24.9 Å². The Morgan fingerprint density at radius 1 is 0.871 bits per heavy atom. The SMILES string of the molecule is C[C@H]1CC[C@@]2(OC1)O[C@H]1C[C@@H]3[C@H]4CC[C@@H]5C[C@H](O)CC[C@@]5(C)[C@@H]4C[C@H](O)[C@@]3(C)[C@H]1[C@H]2C. The number of rotatable bonds is 0. The predicted molar refractivity (Wildman–Crippen MR) is 119 cm³/mol. The van der Waals surface area contributed by atoms with E-state index in [1.165, 1.54) is 19.3 Å². The first-order valence-corrected chi connectivity index (χ1v) is 13.4. The van der Waals surface area contributed by atoms with Crippen molar-refractivity contribution in [3.05, 3.63) is 0 Å². The van der Waals surface area contributed by atoms with Crippen LogP contribution in [0.4, 0.5) is 0 Å². The summed E-state index contributed by atoms with van der Waals surface area (Å²) in [4.78, 5) is 0. The fraction of sp³-hybridized carbons (Fsp3) is 1.00. The molecular formula is C27H44O4. The Kier molecular flexibility index (Phi) is 4.78. The van der Waals surface area contributed by atoms with Crippen LogP contribution in [-0.4, -0.2) is 40.9 Å². The molecule has 4 heteroatoms. The van der Waals surface area contributed by atoms with E-state index in [0.29, 0.717) is 46.8 Å². The molecule has 0 aromatic rings. The van der Waals surface area contributed by atoms with Crippen LogP contribution in [0.3, 0.4) is 0 Å². The van der Waals surface area contributed by atoms with Crippen molar-refractivity contribution in [1.82, 2.24) is 0 Å². The van der Waals surface area contributed by atoms with Crippen molar-refractivity contribution in [1.29, 1.82) is 0 Å². The highest BCUT2D eigenvalue weighted by molar-refractivity contribution is 5.17. The van der Waals surface area contributed by atoms with Crippen LogP contribution in [0.2, 0.25) is 0 Å². The highest BCUT2D eigenvalue weighted by Gasteiger charge is 2.71. The van der Waals surface area contributed by atoms with E-state index in [0.717, 1.165) is 45.1 Å². The zero-order valence-electron chi connectivity index (χ0n) is 20.1. The topological polar surface area (TPSA) is 58.9 Å². The lowest BCUT2D eigenvalue weighted by atomic mass is 9.43. The van der Waals surface area contributed by atoms with Gasteiger partial charge in [-0.3, -0.25) is 0 Å². The van der Waals surface area contributed by atoms with Gasteiger partial charge in [-0.05, 0) is 86.4 Å². The molecular weight excluding hydrogens is 388 g/mol. The minimum Gasteiger partial charge on any atom is -0.393 e. The summed E-state index contributed by atoms with van der Waals surface area (Å²) in [5, 5.41) is 22.1.